The smallest absolute Gasteiger partial charge is 0.387 e. The molecule has 10 heteroatoms. The topological polar surface area (TPSA) is 105 Å². The standard InChI is InChI=1S/C25H15F2NO7/c26-25(27)35-18-7-2-1-4-14(18)11-20-23(30)16-8-9-19-22(24(16)34-20)17(12-21(29)33-19)13-5-3-6-15(10-13)28(31)32/h1-11,17,25H,12H2/b20-11-/t17-/m1/s1. The summed E-state index contributed by atoms with van der Waals surface area (Å²) in [5, 5.41) is 11.3. The predicted octanol–water partition coefficient (Wildman–Crippen LogP) is 5.25. The molecule has 2 aliphatic heterocycles. The molecule has 0 spiro atoms. The number of fused-ring (bicyclic) bond motifs is 3. The molecule has 2 heterocycles. The third-order valence-corrected chi connectivity index (χ3v) is 5.68. The summed E-state index contributed by atoms with van der Waals surface area (Å²) in [4.78, 5) is 36.1. The molecule has 0 amide bonds. The van der Waals surface area contributed by atoms with Crippen LogP contribution in [-0.4, -0.2) is 23.3 Å². The Kier molecular flexibility index (Phi) is 5.48. The van der Waals surface area contributed by atoms with Gasteiger partial charge in [0.05, 0.1) is 16.9 Å². The molecule has 0 fully saturated rings. The van der Waals surface area contributed by atoms with E-state index in [4.69, 9.17) is 9.47 Å². The number of allylic oxidation sites excluding steroid dienone is 1. The molecule has 0 radical (unpaired) electrons. The van der Waals surface area contributed by atoms with Gasteiger partial charge in [0.1, 0.15) is 17.2 Å². The molecule has 3 aromatic rings. The number of ketones is 1. The SMILES string of the molecule is O=C1C[C@H](c2cccc([N+](=O)[O-])c2)c2c(ccc3c2O/C(=C\c2ccccc2OC(F)F)C3=O)O1. The van der Waals surface area contributed by atoms with Crippen LogP contribution in [-0.2, 0) is 4.79 Å². The molecule has 0 unspecified atom stereocenters. The number of hydrogen-bond acceptors (Lipinski definition) is 7. The number of hydrogen-bond donors (Lipinski definition) is 0. The van der Waals surface area contributed by atoms with Gasteiger partial charge in [0, 0.05) is 29.2 Å². The summed E-state index contributed by atoms with van der Waals surface area (Å²) in [5.74, 6) is -1.64. The van der Waals surface area contributed by atoms with Crippen LogP contribution < -0.4 is 14.2 Å². The molecule has 8 nitrogen and oxygen atoms in total. The molecule has 1 atom stereocenters. The molecule has 0 aliphatic carbocycles. The Hall–Kier alpha value is -4.60. The zero-order valence-electron chi connectivity index (χ0n) is 17.8. The summed E-state index contributed by atoms with van der Waals surface area (Å²) in [5.41, 5.74) is 1.13. The van der Waals surface area contributed by atoms with Crippen molar-refractivity contribution in [2.75, 3.05) is 0 Å². The van der Waals surface area contributed by atoms with Crippen LogP contribution in [0.3, 0.4) is 0 Å². The molecule has 0 N–H and O–H groups in total. The highest BCUT2D eigenvalue weighted by atomic mass is 19.3. The number of ether oxygens (including phenoxy) is 3. The summed E-state index contributed by atoms with van der Waals surface area (Å²) < 4.78 is 41.3. The van der Waals surface area contributed by atoms with E-state index in [1.54, 1.807) is 12.1 Å². The molecule has 3 aromatic carbocycles. The third kappa shape index (κ3) is 4.10. The van der Waals surface area contributed by atoms with Crippen molar-refractivity contribution in [3.63, 3.8) is 0 Å². The van der Waals surface area contributed by atoms with Gasteiger partial charge in [0.2, 0.25) is 5.78 Å². The van der Waals surface area contributed by atoms with Gasteiger partial charge in [0.25, 0.3) is 5.69 Å². The number of carbonyl (C=O) groups excluding carboxylic acids is 2. The number of carbonyl (C=O) groups is 2. The Morgan fingerprint density at radius 1 is 1.06 bits per heavy atom. The molecule has 35 heavy (non-hydrogen) atoms. The van der Waals surface area contributed by atoms with Gasteiger partial charge < -0.3 is 14.2 Å². The Morgan fingerprint density at radius 3 is 2.63 bits per heavy atom. The van der Waals surface area contributed by atoms with E-state index < -0.39 is 29.2 Å². The number of nitrogens with zero attached hydrogens (tertiary/aromatic N) is 1. The second-order valence-electron chi connectivity index (χ2n) is 7.79. The molecule has 0 bridgehead atoms. The molecule has 176 valence electrons. The molecule has 0 aromatic heterocycles. The van der Waals surface area contributed by atoms with E-state index in [-0.39, 0.29) is 46.2 Å². The summed E-state index contributed by atoms with van der Waals surface area (Å²) in [7, 11) is 0. The van der Waals surface area contributed by atoms with Crippen molar-refractivity contribution in [1.29, 1.82) is 0 Å². The first-order valence-electron chi connectivity index (χ1n) is 10.4. The van der Waals surface area contributed by atoms with Crippen molar-refractivity contribution in [2.24, 2.45) is 0 Å². The van der Waals surface area contributed by atoms with Gasteiger partial charge in [-0.25, -0.2) is 0 Å². The van der Waals surface area contributed by atoms with Gasteiger partial charge >= 0.3 is 12.6 Å². The van der Waals surface area contributed by atoms with E-state index in [2.05, 4.69) is 4.74 Å². The number of halogens is 2. The van der Waals surface area contributed by atoms with Crippen LogP contribution in [0, 0.1) is 10.1 Å². The zero-order valence-corrected chi connectivity index (χ0v) is 17.8. The van der Waals surface area contributed by atoms with E-state index in [9.17, 15) is 28.5 Å². The van der Waals surface area contributed by atoms with Gasteiger partial charge in [-0.05, 0) is 29.8 Å². The van der Waals surface area contributed by atoms with Crippen LogP contribution in [0.1, 0.15) is 39.4 Å². The molecular weight excluding hydrogens is 464 g/mol. The third-order valence-electron chi connectivity index (χ3n) is 5.68. The van der Waals surface area contributed by atoms with Crippen molar-refractivity contribution >= 4 is 23.5 Å². The summed E-state index contributed by atoms with van der Waals surface area (Å²) in [6, 6.07) is 14.7. The highest BCUT2D eigenvalue weighted by molar-refractivity contribution is 6.15. The number of esters is 1. The van der Waals surface area contributed by atoms with Crippen LogP contribution in [0.2, 0.25) is 0 Å². The van der Waals surface area contributed by atoms with Crippen LogP contribution in [0.25, 0.3) is 6.08 Å². The zero-order chi connectivity index (χ0) is 24.7. The first-order valence-corrected chi connectivity index (χ1v) is 10.4. The molecule has 5 rings (SSSR count). The predicted molar refractivity (Wildman–Crippen MR) is 118 cm³/mol. The van der Waals surface area contributed by atoms with Crippen LogP contribution in [0.4, 0.5) is 14.5 Å². The normalized spacial score (nSPS) is 17.6. The fraction of sp³-hybridized carbons (Fsp3) is 0.120. The Bertz CT molecular complexity index is 1420. The Balaban J connectivity index is 1.59. The second kappa shape index (κ2) is 8.64. The number of para-hydroxylation sites is 1. The number of nitro groups is 1. The maximum Gasteiger partial charge on any atom is 0.387 e. The van der Waals surface area contributed by atoms with E-state index in [0.29, 0.717) is 11.1 Å². The number of nitro benzene ring substituents is 1. The highest BCUT2D eigenvalue weighted by Crippen LogP contribution is 2.49. The highest BCUT2D eigenvalue weighted by Gasteiger charge is 2.39. The number of Topliss-reactive ketones (excluding diaryl/α,β-unsaturated/α-hetero) is 1. The van der Waals surface area contributed by atoms with E-state index in [1.165, 1.54) is 54.6 Å². The van der Waals surface area contributed by atoms with Crippen LogP contribution >= 0.6 is 0 Å². The van der Waals surface area contributed by atoms with Crippen molar-refractivity contribution in [3.05, 3.63) is 98.8 Å². The lowest BCUT2D eigenvalue weighted by atomic mass is 9.84. The summed E-state index contributed by atoms with van der Waals surface area (Å²) >= 11 is 0. The summed E-state index contributed by atoms with van der Waals surface area (Å²) in [6.07, 6.45) is 1.18. The minimum absolute atomic E-state index is 0.119. The van der Waals surface area contributed by atoms with Crippen molar-refractivity contribution in [1.82, 2.24) is 0 Å². The number of rotatable bonds is 5. The first kappa shape index (κ1) is 22.2. The van der Waals surface area contributed by atoms with Crippen molar-refractivity contribution < 1.29 is 37.5 Å². The van der Waals surface area contributed by atoms with Gasteiger partial charge in [-0.3, -0.25) is 19.7 Å². The molecule has 0 saturated heterocycles. The minimum atomic E-state index is -3.05. The lowest BCUT2D eigenvalue weighted by Crippen LogP contribution is -2.21. The lowest BCUT2D eigenvalue weighted by molar-refractivity contribution is -0.384. The number of alkyl halides is 2. The quantitative estimate of drug-likeness (QED) is 0.162. The summed E-state index contributed by atoms with van der Waals surface area (Å²) in [6.45, 7) is -3.05. The maximum atomic E-state index is 13.1. The lowest BCUT2D eigenvalue weighted by Gasteiger charge is -2.26. The largest absolute Gasteiger partial charge is 0.452 e. The van der Waals surface area contributed by atoms with E-state index in [0.717, 1.165) is 0 Å². The minimum Gasteiger partial charge on any atom is -0.452 e. The molecular formula is C25H15F2NO7. The van der Waals surface area contributed by atoms with Crippen molar-refractivity contribution in [2.45, 2.75) is 19.0 Å². The average Bonchev–Trinajstić information content (AvgIpc) is 3.14. The number of non-ortho nitro benzene ring substituents is 1. The fourth-order valence-electron chi connectivity index (χ4n) is 4.19. The van der Waals surface area contributed by atoms with Gasteiger partial charge in [-0.2, -0.15) is 8.78 Å². The Labute approximate surface area is 196 Å². The van der Waals surface area contributed by atoms with Gasteiger partial charge in [0.15, 0.2) is 5.76 Å². The van der Waals surface area contributed by atoms with Crippen LogP contribution in [0.15, 0.2) is 66.4 Å². The average molecular weight is 479 g/mol. The van der Waals surface area contributed by atoms with Gasteiger partial charge in [-0.15, -0.1) is 0 Å². The van der Waals surface area contributed by atoms with E-state index in [1.807, 2.05) is 0 Å². The Morgan fingerprint density at radius 2 is 1.86 bits per heavy atom. The first-order chi connectivity index (χ1) is 16.8. The van der Waals surface area contributed by atoms with E-state index >= 15 is 0 Å². The second-order valence-corrected chi connectivity index (χ2v) is 7.79. The maximum absolute atomic E-state index is 13.1. The van der Waals surface area contributed by atoms with Gasteiger partial charge in [-0.1, -0.05) is 30.3 Å². The van der Waals surface area contributed by atoms with Crippen molar-refractivity contribution in [3.8, 4) is 17.2 Å². The molecule has 0 saturated carbocycles. The number of benzene rings is 3. The molecule has 2 aliphatic rings. The fourth-order valence-corrected chi connectivity index (χ4v) is 4.19. The monoisotopic (exact) mass is 479 g/mol. The van der Waals surface area contributed by atoms with Crippen LogP contribution in [0.5, 0.6) is 17.2 Å².